The lowest BCUT2D eigenvalue weighted by molar-refractivity contribution is -0.150. The van der Waals surface area contributed by atoms with E-state index in [9.17, 15) is 14.4 Å². The number of carbonyl (C=O) groups is 3. The maximum atomic E-state index is 12.2. The van der Waals surface area contributed by atoms with Crippen LogP contribution in [0.25, 0.3) is 0 Å². The third-order valence-corrected chi connectivity index (χ3v) is 6.08. The number of carboxylic acids is 1. The Morgan fingerprint density at radius 3 is 2.83 bits per heavy atom. The van der Waals surface area contributed by atoms with Crippen LogP contribution in [0.5, 0.6) is 0 Å². The Hall–Kier alpha value is -1.29. The molecule has 0 aliphatic carbocycles. The first kappa shape index (κ1) is 16.6. The number of halogens is 2. The number of thiazole rings is 1. The van der Waals surface area contributed by atoms with Crippen molar-refractivity contribution in [3.05, 3.63) is 26.3 Å². The fraction of sp³-hybridized carbons (Fsp3) is 0.333. The number of nitrogens with one attached hydrogen (secondary N) is 1. The molecule has 3 rings (SSSR count). The third kappa shape index (κ3) is 3.06. The van der Waals surface area contributed by atoms with E-state index in [0.717, 1.165) is 4.90 Å². The zero-order valence-corrected chi connectivity index (χ0v) is 14.4. The molecule has 0 aromatic carbocycles. The van der Waals surface area contributed by atoms with Crippen LogP contribution < -0.4 is 5.32 Å². The summed E-state index contributed by atoms with van der Waals surface area (Å²) in [5.41, 5.74) is 0.309. The number of thioether (sulfide) groups is 1. The van der Waals surface area contributed by atoms with Gasteiger partial charge in [-0.05, 0) is 0 Å². The summed E-state index contributed by atoms with van der Waals surface area (Å²) in [6, 6.07) is -0.763. The predicted octanol–water partition coefficient (Wildman–Crippen LogP) is 1.27. The molecule has 1 fully saturated rings. The molecule has 2 atom stereocenters. The van der Waals surface area contributed by atoms with Gasteiger partial charge >= 0.3 is 5.97 Å². The van der Waals surface area contributed by atoms with Gasteiger partial charge in [-0.2, -0.15) is 0 Å². The number of fused-ring (bicyclic) bond motifs is 1. The molecule has 122 valence electrons. The first-order valence-electron chi connectivity index (χ1n) is 6.34. The molecule has 0 radical (unpaired) electrons. The average Bonchev–Trinajstić information content (AvgIpc) is 2.89. The third-order valence-electron chi connectivity index (χ3n) is 3.31. The standard InChI is InChI=1S/C12H9Cl2N3O4S2/c13-5-3-22-10-7(9(19)17(10)8(5)11(20)21)16-6(18)1-4-2-23-12(14)15-4/h2,7,10H,1,3H2,(H,16,18)(H,20,21)/t7-,10+/m1/s1. The van der Waals surface area contributed by atoms with Gasteiger partial charge in [-0.25, -0.2) is 9.78 Å². The monoisotopic (exact) mass is 393 g/mol. The van der Waals surface area contributed by atoms with Crippen LogP contribution in [0.3, 0.4) is 0 Å². The van der Waals surface area contributed by atoms with Crippen LogP contribution in [0.1, 0.15) is 5.69 Å². The number of aromatic nitrogens is 1. The maximum Gasteiger partial charge on any atom is 0.353 e. The summed E-state index contributed by atoms with van der Waals surface area (Å²) in [7, 11) is 0. The van der Waals surface area contributed by atoms with Crippen LogP contribution in [-0.2, 0) is 20.8 Å². The number of hydrogen-bond acceptors (Lipinski definition) is 6. The van der Waals surface area contributed by atoms with E-state index in [2.05, 4.69) is 10.3 Å². The Morgan fingerprint density at radius 1 is 1.48 bits per heavy atom. The minimum Gasteiger partial charge on any atom is -0.477 e. The Kier molecular flexibility index (Phi) is 4.54. The fourth-order valence-corrected chi connectivity index (χ4v) is 4.67. The summed E-state index contributed by atoms with van der Waals surface area (Å²) in [6.07, 6.45) is 0.00672. The van der Waals surface area contributed by atoms with Crippen molar-refractivity contribution < 1.29 is 19.5 Å². The number of carbonyl (C=O) groups excluding carboxylic acids is 2. The number of carboxylic acid groups (broad SMARTS) is 1. The Balaban J connectivity index is 1.66. The van der Waals surface area contributed by atoms with Crippen molar-refractivity contribution >= 4 is 64.1 Å². The molecule has 0 spiro atoms. The van der Waals surface area contributed by atoms with Gasteiger partial charge in [0.25, 0.3) is 5.91 Å². The molecule has 2 N–H and O–H groups in total. The highest BCUT2D eigenvalue weighted by Crippen LogP contribution is 2.41. The van der Waals surface area contributed by atoms with Crippen molar-refractivity contribution in [2.24, 2.45) is 0 Å². The van der Waals surface area contributed by atoms with E-state index in [1.807, 2.05) is 0 Å². The number of nitrogens with zero attached hydrogens (tertiary/aromatic N) is 2. The van der Waals surface area contributed by atoms with Crippen LogP contribution in [0.4, 0.5) is 0 Å². The van der Waals surface area contributed by atoms with Crippen molar-refractivity contribution in [1.29, 1.82) is 0 Å². The van der Waals surface area contributed by atoms with Crippen LogP contribution in [0.2, 0.25) is 4.47 Å². The molecular weight excluding hydrogens is 385 g/mol. The molecule has 2 aliphatic rings. The van der Waals surface area contributed by atoms with Gasteiger partial charge in [-0.1, -0.05) is 23.2 Å². The molecule has 0 unspecified atom stereocenters. The molecular formula is C12H9Cl2N3O4S2. The van der Waals surface area contributed by atoms with Gasteiger partial charge in [0, 0.05) is 11.1 Å². The fourth-order valence-electron chi connectivity index (χ4n) is 2.33. The van der Waals surface area contributed by atoms with E-state index < -0.39 is 23.3 Å². The van der Waals surface area contributed by atoms with Crippen LogP contribution in [-0.4, -0.2) is 49.9 Å². The maximum absolute atomic E-state index is 12.2. The van der Waals surface area contributed by atoms with E-state index >= 15 is 0 Å². The largest absolute Gasteiger partial charge is 0.477 e. The lowest BCUT2D eigenvalue weighted by atomic mass is 10.0. The number of aliphatic carboxylic acids is 1. The van der Waals surface area contributed by atoms with Crippen molar-refractivity contribution in [3.8, 4) is 0 Å². The summed E-state index contributed by atoms with van der Waals surface area (Å²) in [4.78, 5) is 40.5. The molecule has 0 bridgehead atoms. The highest BCUT2D eigenvalue weighted by Gasteiger charge is 2.54. The van der Waals surface area contributed by atoms with Gasteiger partial charge in [-0.15, -0.1) is 23.1 Å². The Bertz CT molecular complexity index is 736. The second kappa shape index (κ2) is 6.31. The molecule has 3 heterocycles. The molecule has 1 aromatic heterocycles. The summed E-state index contributed by atoms with van der Waals surface area (Å²) >= 11 is 14.1. The van der Waals surface area contributed by atoms with Gasteiger partial charge in [0.1, 0.15) is 17.1 Å². The van der Waals surface area contributed by atoms with Gasteiger partial charge < -0.3 is 10.4 Å². The lowest BCUT2D eigenvalue weighted by Crippen LogP contribution is -2.70. The number of hydrogen-bond donors (Lipinski definition) is 2. The average molecular weight is 394 g/mol. The predicted molar refractivity (Wildman–Crippen MR) is 86.4 cm³/mol. The van der Waals surface area contributed by atoms with Crippen LogP contribution >= 0.6 is 46.3 Å². The molecule has 1 saturated heterocycles. The molecule has 23 heavy (non-hydrogen) atoms. The zero-order valence-electron chi connectivity index (χ0n) is 11.3. The van der Waals surface area contributed by atoms with E-state index in [1.54, 1.807) is 5.38 Å². The van der Waals surface area contributed by atoms with E-state index in [1.165, 1.54) is 23.1 Å². The van der Waals surface area contributed by atoms with E-state index in [-0.39, 0.29) is 28.8 Å². The smallest absolute Gasteiger partial charge is 0.353 e. The molecule has 7 nitrogen and oxygen atoms in total. The summed E-state index contributed by atoms with van der Waals surface area (Å²) < 4.78 is 0.340. The van der Waals surface area contributed by atoms with Gasteiger partial charge in [0.2, 0.25) is 5.91 Å². The van der Waals surface area contributed by atoms with E-state index in [4.69, 9.17) is 28.3 Å². The van der Waals surface area contributed by atoms with Gasteiger partial charge in [0.05, 0.1) is 17.1 Å². The quantitative estimate of drug-likeness (QED) is 0.747. The summed E-state index contributed by atoms with van der Waals surface area (Å²) in [6.45, 7) is 0. The number of rotatable bonds is 4. The first-order valence-corrected chi connectivity index (χ1v) is 9.03. The summed E-state index contributed by atoms with van der Waals surface area (Å²) in [5, 5.41) is 13.1. The normalized spacial score (nSPS) is 23.4. The Labute approximate surface area is 148 Å². The van der Waals surface area contributed by atoms with Gasteiger partial charge in [-0.3, -0.25) is 14.5 Å². The minimum atomic E-state index is -1.25. The highest BCUT2D eigenvalue weighted by atomic mass is 35.5. The number of β-lactam (4-membered cyclic amide) rings is 1. The second-order valence-corrected chi connectivity index (χ2v) is 7.78. The van der Waals surface area contributed by atoms with E-state index in [0.29, 0.717) is 10.2 Å². The second-order valence-electron chi connectivity index (χ2n) is 4.78. The van der Waals surface area contributed by atoms with Crippen molar-refractivity contribution in [2.75, 3.05) is 5.75 Å². The van der Waals surface area contributed by atoms with Crippen LogP contribution in [0, 0.1) is 0 Å². The minimum absolute atomic E-state index is 0.00672. The lowest BCUT2D eigenvalue weighted by Gasteiger charge is -2.48. The first-order chi connectivity index (χ1) is 10.9. The Morgan fingerprint density at radius 2 is 2.22 bits per heavy atom. The van der Waals surface area contributed by atoms with Crippen molar-refractivity contribution in [3.63, 3.8) is 0 Å². The molecule has 11 heteroatoms. The molecule has 2 amide bonds. The molecule has 0 saturated carbocycles. The summed E-state index contributed by atoms with van der Waals surface area (Å²) in [5.74, 6) is -1.83. The molecule has 1 aromatic rings. The van der Waals surface area contributed by atoms with Crippen molar-refractivity contribution in [2.45, 2.75) is 17.8 Å². The van der Waals surface area contributed by atoms with Gasteiger partial charge in [0.15, 0.2) is 4.47 Å². The number of amides is 2. The van der Waals surface area contributed by atoms with Crippen LogP contribution in [0.15, 0.2) is 16.1 Å². The SMILES string of the molecule is O=C(Cc1csc(Cl)n1)N[C@@H]1C(=O)N2C(C(=O)O)=C(Cl)CS[C@@H]12. The topological polar surface area (TPSA) is 99.6 Å². The van der Waals surface area contributed by atoms with Crippen molar-refractivity contribution in [1.82, 2.24) is 15.2 Å². The zero-order chi connectivity index (χ0) is 16.7. The highest BCUT2D eigenvalue weighted by molar-refractivity contribution is 8.00. The molecule has 2 aliphatic heterocycles.